The Kier molecular flexibility index (Phi) is 5.64. The smallest absolute Gasteiger partial charge is 0.280 e. The van der Waals surface area contributed by atoms with E-state index in [0.29, 0.717) is 45.3 Å². The highest BCUT2D eigenvalue weighted by atomic mass is 19.1. The Bertz CT molecular complexity index is 1580. The fourth-order valence-corrected chi connectivity index (χ4v) is 3.49. The van der Waals surface area contributed by atoms with Crippen LogP contribution in [0.3, 0.4) is 0 Å². The van der Waals surface area contributed by atoms with Gasteiger partial charge in [0.2, 0.25) is 11.8 Å². The average Bonchev–Trinajstić information content (AvgIpc) is 3.50. The quantitative estimate of drug-likeness (QED) is 0.174. The maximum absolute atomic E-state index is 13.1. The Balaban J connectivity index is 1.29. The molecule has 2 heterocycles. The number of aromatic nitrogens is 1. The van der Waals surface area contributed by atoms with Crippen molar-refractivity contribution in [1.29, 1.82) is 0 Å². The van der Waals surface area contributed by atoms with Gasteiger partial charge in [-0.2, -0.15) is 0 Å². The van der Waals surface area contributed by atoms with E-state index in [1.165, 1.54) is 30.4 Å². The summed E-state index contributed by atoms with van der Waals surface area (Å²) >= 11 is 0. The first-order valence-electron chi connectivity index (χ1n) is 10.5. The van der Waals surface area contributed by atoms with Gasteiger partial charge in [0, 0.05) is 23.4 Å². The predicted molar refractivity (Wildman–Crippen MR) is 128 cm³/mol. The van der Waals surface area contributed by atoms with Crippen LogP contribution in [0.15, 0.2) is 93.8 Å². The van der Waals surface area contributed by atoms with Crippen LogP contribution >= 0.6 is 0 Å². The first-order valence-corrected chi connectivity index (χ1v) is 10.5. The van der Waals surface area contributed by atoms with Gasteiger partial charge in [-0.15, -0.1) is 0 Å². The molecule has 9 heteroatoms. The number of nitrogens with one attached hydrogen (secondary N) is 1. The van der Waals surface area contributed by atoms with E-state index in [4.69, 9.17) is 8.83 Å². The average molecular weight is 469 g/mol. The molecule has 0 aliphatic carbocycles. The Hall–Kier alpha value is -5.05. The third-order valence-corrected chi connectivity index (χ3v) is 5.14. The van der Waals surface area contributed by atoms with Crippen molar-refractivity contribution < 1.29 is 22.9 Å². The molecule has 0 bridgehead atoms. The Morgan fingerprint density at radius 2 is 1.80 bits per heavy atom. The minimum Gasteiger partial charge on any atom is -0.456 e. The molecule has 0 spiro atoms. The standard InChI is InChI=1S/C26H16FN3O5/c27-17-7-5-16(6-8-17)26-29-21-15-18(9-12-24(21)35-26)28-25(31)14-11-19-10-13-23(34-19)20-3-1-2-4-22(20)30(32)33/h1-15H,(H,28,31). The van der Waals surface area contributed by atoms with Gasteiger partial charge in [0.15, 0.2) is 5.58 Å². The molecule has 0 atom stereocenters. The van der Waals surface area contributed by atoms with Crippen molar-refractivity contribution in [3.63, 3.8) is 0 Å². The summed E-state index contributed by atoms with van der Waals surface area (Å²) in [5, 5.41) is 14.0. The summed E-state index contributed by atoms with van der Waals surface area (Å²) in [6.45, 7) is 0. The van der Waals surface area contributed by atoms with Crippen molar-refractivity contribution in [1.82, 2.24) is 4.98 Å². The third kappa shape index (κ3) is 4.69. The number of nitro benzene ring substituents is 1. The van der Waals surface area contributed by atoms with Crippen LogP contribution in [0.4, 0.5) is 15.8 Å². The molecular formula is C26H16FN3O5. The number of amides is 1. The Morgan fingerprint density at radius 3 is 2.60 bits per heavy atom. The van der Waals surface area contributed by atoms with Crippen molar-refractivity contribution in [2.75, 3.05) is 5.32 Å². The summed E-state index contributed by atoms with van der Waals surface area (Å²) in [5.74, 6) is 0.274. The van der Waals surface area contributed by atoms with Gasteiger partial charge in [0.25, 0.3) is 5.69 Å². The zero-order valence-electron chi connectivity index (χ0n) is 18.0. The summed E-state index contributed by atoms with van der Waals surface area (Å²) in [6, 6.07) is 20.3. The molecule has 0 unspecified atom stereocenters. The fourth-order valence-electron chi connectivity index (χ4n) is 3.49. The second-order valence-electron chi connectivity index (χ2n) is 7.51. The van der Waals surface area contributed by atoms with E-state index in [-0.39, 0.29) is 11.5 Å². The summed E-state index contributed by atoms with van der Waals surface area (Å²) in [6.07, 6.45) is 2.76. The minimum atomic E-state index is -0.477. The number of carbonyl (C=O) groups excluding carboxylic acids is 1. The van der Waals surface area contributed by atoms with Crippen LogP contribution in [0.5, 0.6) is 0 Å². The lowest BCUT2D eigenvalue weighted by atomic mass is 10.1. The monoisotopic (exact) mass is 469 g/mol. The van der Waals surface area contributed by atoms with Gasteiger partial charge in [-0.25, -0.2) is 9.37 Å². The number of halogens is 1. The van der Waals surface area contributed by atoms with Gasteiger partial charge in [0.05, 0.1) is 10.5 Å². The molecule has 1 amide bonds. The second-order valence-corrected chi connectivity index (χ2v) is 7.51. The predicted octanol–water partition coefficient (Wildman–Crippen LogP) is 6.45. The summed E-state index contributed by atoms with van der Waals surface area (Å²) in [5.41, 5.74) is 2.48. The van der Waals surface area contributed by atoms with Crippen molar-refractivity contribution >= 4 is 34.5 Å². The largest absolute Gasteiger partial charge is 0.456 e. The van der Waals surface area contributed by atoms with Gasteiger partial charge in [-0.3, -0.25) is 14.9 Å². The van der Waals surface area contributed by atoms with E-state index < -0.39 is 10.8 Å². The lowest BCUT2D eigenvalue weighted by Gasteiger charge is -2.01. The van der Waals surface area contributed by atoms with Crippen LogP contribution in [-0.2, 0) is 4.79 Å². The molecule has 1 N–H and O–H groups in total. The van der Waals surface area contributed by atoms with E-state index in [2.05, 4.69) is 10.3 Å². The van der Waals surface area contributed by atoms with Crippen LogP contribution in [0, 0.1) is 15.9 Å². The topological polar surface area (TPSA) is 111 Å². The number of para-hydroxylation sites is 1. The number of benzene rings is 3. The number of rotatable bonds is 6. The molecule has 5 rings (SSSR count). The molecule has 0 aliphatic rings. The molecule has 172 valence electrons. The van der Waals surface area contributed by atoms with Crippen LogP contribution in [0.1, 0.15) is 5.76 Å². The number of furan rings is 1. The highest BCUT2D eigenvalue weighted by molar-refractivity contribution is 6.02. The SMILES string of the molecule is O=C(C=Cc1ccc(-c2ccccc2[N+](=O)[O-])o1)Nc1ccc2oc(-c3ccc(F)cc3)nc2c1. The van der Waals surface area contributed by atoms with Gasteiger partial charge in [0.1, 0.15) is 22.9 Å². The van der Waals surface area contributed by atoms with Crippen LogP contribution in [0.2, 0.25) is 0 Å². The summed E-state index contributed by atoms with van der Waals surface area (Å²) < 4.78 is 24.5. The molecule has 2 aromatic heterocycles. The molecule has 0 saturated heterocycles. The number of hydrogen-bond donors (Lipinski definition) is 1. The first-order chi connectivity index (χ1) is 17.0. The molecule has 3 aromatic carbocycles. The van der Waals surface area contributed by atoms with Crippen molar-refractivity contribution in [3.05, 3.63) is 107 Å². The minimum absolute atomic E-state index is 0.0686. The van der Waals surface area contributed by atoms with Crippen molar-refractivity contribution in [3.8, 4) is 22.8 Å². The normalized spacial score (nSPS) is 11.2. The van der Waals surface area contributed by atoms with Gasteiger partial charge in [-0.05, 0) is 66.7 Å². The number of anilines is 1. The van der Waals surface area contributed by atoms with Crippen LogP contribution in [0.25, 0.3) is 40.0 Å². The summed E-state index contributed by atoms with van der Waals surface area (Å²) in [4.78, 5) is 27.6. The van der Waals surface area contributed by atoms with Crippen molar-refractivity contribution in [2.24, 2.45) is 0 Å². The van der Waals surface area contributed by atoms with E-state index in [9.17, 15) is 19.3 Å². The first kappa shape index (κ1) is 21.8. The molecule has 5 aromatic rings. The Morgan fingerprint density at radius 1 is 1.00 bits per heavy atom. The van der Waals surface area contributed by atoms with E-state index in [1.807, 2.05) is 0 Å². The van der Waals surface area contributed by atoms with Crippen molar-refractivity contribution in [2.45, 2.75) is 0 Å². The van der Waals surface area contributed by atoms with E-state index in [0.717, 1.165) is 0 Å². The molecule has 0 fully saturated rings. The molecule has 35 heavy (non-hydrogen) atoms. The number of oxazole rings is 1. The van der Waals surface area contributed by atoms with Crippen LogP contribution < -0.4 is 5.32 Å². The van der Waals surface area contributed by atoms with E-state index in [1.54, 1.807) is 60.7 Å². The zero-order chi connectivity index (χ0) is 24.4. The Labute approximate surface area is 197 Å². The van der Waals surface area contributed by atoms with E-state index >= 15 is 0 Å². The molecule has 0 saturated carbocycles. The highest BCUT2D eigenvalue weighted by Crippen LogP contribution is 2.31. The molecule has 0 radical (unpaired) electrons. The fraction of sp³-hybridized carbons (Fsp3) is 0. The van der Waals surface area contributed by atoms with Gasteiger partial charge >= 0.3 is 0 Å². The third-order valence-electron chi connectivity index (χ3n) is 5.14. The van der Waals surface area contributed by atoms with Gasteiger partial charge < -0.3 is 14.2 Å². The lowest BCUT2D eigenvalue weighted by molar-refractivity contribution is -0.384. The number of nitrogens with zero attached hydrogens (tertiary/aromatic N) is 2. The molecule has 0 aliphatic heterocycles. The number of hydrogen-bond acceptors (Lipinski definition) is 6. The lowest BCUT2D eigenvalue weighted by Crippen LogP contribution is -2.07. The molecule has 8 nitrogen and oxygen atoms in total. The zero-order valence-corrected chi connectivity index (χ0v) is 18.0. The highest BCUT2D eigenvalue weighted by Gasteiger charge is 2.17. The number of carbonyl (C=O) groups is 1. The van der Waals surface area contributed by atoms with Crippen LogP contribution in [-0.4, -0.2) is 15.8 Å². The summed E-state index contributed by atoms with van der Waals surface area (Å²) in [7, 11) is 0. The van der Waals surface area contributed by atoms with Gasteiger partial charge in [-0.1, -0.05) is 12.1 Å². The molecular weight excluding hydrogens is 453 g/mol. The number of fused-ring (bicyclic) bond motifs is 1. The maximum atomic E-state index is 13.1. The number of nitro groups is 1. The second kappa shape index (κ2) is 9.06. The maximum Gasteiger partial charge on any atom is 0.280 e.